The molecule has 4 aromatic rings. The summed E-state index contributed by atoms with van der Waals surface area (Å²) in [5.41, 5.74) is 13.5. The van der Waals surface area contributed by atoms with Gasteiger partial charge in [0.25, 0.3) is 0 Å². The van der Waals surface area contributed by atoms with E-state index in [4.69, 9.17) is 11.5 Å². The van der Waals surface area contributed by atoms with Crippen LogP contribution in [0.5, 0.6) is 0 Å². The molecule has 1 saturated heterocycles. The molecule has 1 fully saturated rings. The number of rotatable bonds is 6. The molecular weight excluding hydrogens is 466 g/mol. The predicted octanol–water partition coefficient (Wildman–Crippen LogP) is 2.95. The van der Waals surface area contributed by atoms with Crippen molar-refractivity contribution >= 4 is 11.7 Å². The van der Waals surface area contributed by atoms with Gasteiger partial charge in [0.1, 0.15) is 17.5 Å². The van der Waals surface area contributed by atoms with E-state index in [0.29, 0.717) is 28.3 Å². The van der Waals surface area contributed by atoms with E-state index in [2.05, 4.69) is 30.5 Å². The van der Waals surface area contributed by atoms with E-state index in [1.807, 2.05) is 6.07 Å². The number of primary amides is 1. The monoisotopic (exact) mass is 490 g/mol. The summed E-state index contributed by atoms with van der Waals surface area (Å²) in [7, 11) is 0. The number of halogens is 2. The number of carbonyl (C=O) groups is 1. The minimum Gasteiger partial charge on any atom is -0.382 e. The zero-order chi connectivity index (χ0) is 25.2. The number of nitrogen functional groups attached to an aromatic ring is 1. The SMILES string of the molecule is NC(=O)c1cc(F)cc(F)c1Cc1cccc(-c2cnc(N)c(-c3n[nH]c([C@H]4CCCNC4)n3)n2)c1. The maximum Gasteiger partial charge on any atom is 0.249 e. The van der Waals surface area contributed by atoms with Crippen LogP contribution in [0, 0.1) is 11.6 Å². The first-order valence-corrected chi connectivity index (χ1v) is 11.5. The molecule has 1 aliphatic rings. The first-order valence-electron chi connectivity index (χ1n) is 11.5. The number of carbonyl (C=O) groups excluding carboxylic acids is 1. The van der Waals surface area contributed by atoms with Crippen LogP contribution in [0.25, 0.3) is 22.8 Å². The van der Waals surface area contributed by atoms with Gasteiger partial charge in [0.15, 0.2) is 11.5 Å². The molecule has 6 N–H and O–H groups in total. The summed E-state index contributed by atoms with van der Waals surface area (Å²) in [5.74, 6) is -1.03. The average molecular weight is 491 g/mol. The Hall–Kier alpha value is -4.25. The van der Waals surface area contributed by atoms with Crippen molar-refractivity contribution < 1.29 is 13.6 Å². The Bertz CT molecular complexity index is 1430. The Labute approximate surface area is 205 Å². The van der Waals surface area contributed by atoms with Gasteiger partial charge in [0.05, 0.1) is 11.9 Å². The van der Waals surface area contributed by atoms with Gasteiger partial charge in [-0.15, -0.1) is 0 Å². The zero-order valence-corrected chi connectivity index (χ0v) is 19.3. The van der Waals surface area contributed by atoms with E-state index in [1.54, 1.807) is 18.2 Å². The normalized spacial score (nSPS) is 15.7. The Morgan fingerprint density at radius 1 is 1.17 bits per heavy atom. The van der Waals surface area contributed by atoms with Gasteiger partial charge < -0.3 is 16.8 Å². The minimum absolute atomic E-state index is 0.0237. The topological polar surface area (TPSA) is 148 Å². The van der Waals surface area contributed by atoms with Gasteiger partial charge in [-0.05, 0) is 37.1 Å². The highest BCUT2D eigenvalue weighted by Gasteiger charge is 2.21. The molecule has 0 bridgehead atoms. The molecule has 1 atom stereocenters. The maximum atomic E-state index is 14.5. The number of nitrogens with two attached hydrogens (primary N) is 2. The van der Waals surface area contributed by atoms with E-state index in [-0.39, 0.29) is 29.3 Å². The summed E-state index contributed by atoms with van der Waals surface area (Å²) in [6.45, 7) is 1.82. The lowest BCUT2D eigenvalue weighted by Crippen LogP contribution is -2.28. The number of nitrogens with zero attached hydrogens (tertiary/aromatic N) is 4. The molecule has 9 nitrogen and oxygen atoms in total. The van der Waals surface area contributed by atoms with Crippen LogP contribution >= 0.6 is 0 Å². The molecule has 3 heterocycles. The largest absolute Gasteiger partial charge is 0.382 e. The summed E-state index contributed by atoms with van der Waals surface area (Å²) in [6.07, 6.45) is 3.65. The summed E-state index contributed by atoms with van der Waals surface area (Å²) in [6, 6.07) is 8.82. The van der Waals surface area contributed by atoms with Crippen LogP contribution in [0.3, 0.4) is 0 Å². The van der Waals surface area contributed by atoms with Crippen LogP contribution < -0.4 is 16.8 Å². The van der Waals surface area contributed by atoms with Crippen LogP contribution in [0.15, 0.2) is 42.6 Å². The Morgan fingerprint density at radius 2 is 2.03 bits per heavy atom. The van der Waals surface area contributed by atoms with E-state index in [9.17, 15) is 13.6 Å². The number of nitrogens with one attached hydrogen (secondary N) is 2. The highest BCUT2D eigenvalue weighted by atomic mass is 19.1. The molecule has 2 aromatic carbocycles. The Morgan fingerprint density at radius 3 is 2.81 bits per heavy atom. The number of benzene rings is 2. The van der Waals surface area contributed by atoms with E-state index in [1.165, 1.54) is 6.20 Å². The van der Waals surface area contributed by atoms with E-state index >= 15 is 0 Å². The first kappa shape index (κ1) is 23.5. The van der Waals surface area contributed by atoms with E-state index < -0.39 is 17.5 Å². The third-order valence-electron chi connectivity index (χ3n) is 6.23. The highest BCUT2D eigenvalue weighted by molar-refractivity contribution is 5.94. The fourth-order valence-electron chi connectivity index (χ4n) is 4.40. The second kappa shape index (κ2) is 9.78. The zero-order valence-electron chi connectivity index (χ0n) is 19.3. The van der Waals surface area contributed by atoms with Gasteiger partial charge in [0.2, 0.25) is 11.7 Å². The van der Waals surface area contributed by atoms with Gasteiger partial charge >= 0.3 is 0 Å². The highest BCUT2D eigenvalue weighted by Crippen LogP contribution is 2.28. The van der Waals surface area contributed by atoms with Crippen molar-refractivity contribution in [3.05, 3.63) is 76.7 Å². The van der Waals surface area contributed by atoms with Crippen molar-refractivity contribution in [1.29, 1.82) is 0 Å². The second-order valence-electron chi connectivity index (χ2n) is 8.73. The van der Waals surface area contributed by atoms with E-state index in [0.717, 1.165) is 43.9 Å². The fourth-order valence-corrected chi connectivity index (χ4v) is 4.40. The summed E-state index contributed by atoms with van der Waals surface area (Å²) in [4.78, 5) is 25.3. The fraction of sp³-hybridized carbons (Fsp3) is 0.240. The van der Waals surface area contributed by atoms with Crippen LogP contribution in [-0.2, 0) is 6.42 Å². The molecule has 11 heteroatoms. The van der Waals surface area contributed by atoms with Gasteiger partial charge in [-0.1, -0.05) is 18.2 Å². The number of hydrogen-bond donors (Lipinski definition) is 4. The summed E-state index contributed by atoms with van der Waals surface area (Å²) < 4.78 is 28.1. The average Bonchev–Trinajstić information content (AvgIpc) is 3.36. The van der Waals surface area contributed by atoms with Crippen LogP contribution in [0.2, 0.25) is 0 Å². The van der Waals surface area contributed by atoms with Crippen LogP contribution in [0.4, 0.5) is 14.6 Å². The smallest absolute Gasteiger partial charge is 0.249 e. The van der Waals surface area contributed by atoms with Gasteiger partial charge in [-0.25, -0.2) is 23.7 Å². The van der Waals surface area contributed by atoms with Gasteiger partial charge in [0, 0.05) is 41.6 Å². The minimum atomic E-state index is -0.900. The van der Waals surface area contributed by atoms with Crippen molar-refractivity contribution in [2.24, 2.45) is 5.73 Å². The molecule has 5 rings (SSSR count). The number of anilines is 1. The second-order valence-corrected chi connectivity index (χ2v) is 8.73. The maximum absolute atomic E-state index is 14.5. The number of aromatic nitrogens is 5. The number of aromatic amines is 1. The lowest BCUT2D eigenvalue weighted by molar-refractivity contribution is 0.0998. The number of amides is 1. The molecule has 36 heavy (non-hydrogen) atoms. The molecule has 0 saturated carbocycles. The van der Waals surface area contributed by atoms with Crippen molar-refractivity contribution in [3.8, 4) is 22.8 Å². The molecule has 0 unspecified atom stereocenters. The Balaban J connectivity index is 1.45. The molecule has 2 aromatic heterocycles. The summed E-state index contributed by atoms with van der Waals surface area (Å²) in [5, 5.41) is 10.7. The quantitative estimate of drug-likeness (QED) is 0.325. The third kappa shape index (κ3) is 4.78. The lowest BCUT2D eigenvalue weighted by atomic mass is 9.97. The van der Waals surface area contributed by atoms with Gasteiger partial charge in [-0.3, -0.25) is 9.89 Å². The lowest BCUT2D eigenvalue weighted by Gasteiger charge is -2.20. The van der Waals surface area contributed by atoms with Crippen LogP contribution in [0.1, 0.15) is 46.1 Å². The van der Waals surface area contributed by atoms with Crippen LogP contribution in [-0.4, -0.2) is 44.1 Å². The number of piperidine rings is 1. The number of H-pyrrole nitrogens is 1. The number of hydrogen-bond acceptors (Lipinski definition) is 7. The molecule has 1 amide bonds. The van der Waals surface area contributed by atoms with Crippen molar-refractivity contribution in [2.75, 3.05) is 18.8 Å². The summed E-state index contributed by atoms with van der Waals surface area (Å²) >= 11 is 0. The molecule has 0 aliphatic carbocycles. The molecule has 1 aliphatic heterocycles. The third-order valence-corrected chi connectivity index (χ3v) is 6.23. The molecular formula is C25H24F2N8O. The van der Waals surface area contributed by atoms with Crippen molar-refractivity contribution in [3.63, 3.8) is 0 Å². The van der Waals surface area contributed by atoms with Crippen molar-refractivity contribution in [2.45, 2.75) is 25.2 Å². The molecule has 184 valence electrons. The molecule has 0 radical (unpaired) electrons. The Kier molecular flexibility index (Phi) is 6.38. The standard InChI is InChI=1S/C25H24F2N8O/c26-16-9-18(23(29)36)17(19(27)10-16)8-13-3-1-4-14(7-13)20-12-31-22(28)21(32-20)25-33-24(34-35-25)15-5-2-6-30-11-15/h1,3-4,7,9-10,12,15,30H,2,5-6,8,11H2,(H2,28,31)(H2,29,36)(H,33,34,35)/t15-/m0/s1. The van der Waals surface area contributed by atoms with Gasteiger partial charge in [-0.2, -0.15) is 5.10 Å². The predicted molar refractivity (Wildman–Crippen MR) is 130 cm³/mol. The first-order chi connectivity index (χ1) is 17.4. The van der Waals surface area contributed by atoms with Crippen molar-refractivity contribution in [1.82, 2.24) is 30.5 Å². The molecule has 0 spiro atoms.